The molecule has 0 aromatic carbocycles. The van der Waals surface area contributed by atoms with Crippen LogP contribution in [0.2, 0.25) is 0 Å². The van der Waals surface area contributed by atoms with E-state index in [0.29, 0.717) is 17.4 Å². The van der Waals surface area contributed by atoms with Crippen LogP contribution in [0.15, 0.2) is 12.2 Å². The second-order valence-corrected chi connectivity index (χ2v) is 26.3. The molecule has 0 aliphatic rings. The molecule has 3 unspecified atom stereocenters. The van der Waals surface area contributed by atoms with Crippen LogP contribution >= 0.6 is 7.82 Å². The highest BCUT2D eigenvalue weighted by atomic mass is 31.2. The fourth-order valence-corrected chi connectivity index (χ4v) is 11.4. The van der Waals surface area contributed by atoms with Gasteiger partial charge in [0.2, 0.25) is 5.91 Å². The Morgan fingerprint density at radius 1 is 0.447 bits per heavy atom. The van der Waals surface area contributed by atoms with Gasteiger partial charge in [0.1, 0.15) is 13.2 Å². The van der Waals surface area contributed by atoms with Gasteiger partial charge in [0.05, 0.1) is 39.9 Å². The van der Waals surface area contributed by atoms with E-state index in [-0.39, 0.29) is 19.1 Å². The van der Waals surface area contributed by atoms with E-state index in [2.05, 4.69) is 19.2 Å². The van der Waals surface area contributed by atoms with Crippen LogP contribution < -0.4 is 10.2 Å². The molecule has 3 atom stereocenters. The summed E-state index contributed by atoms with van der Waals surface area (Å²) in [4.78, 5) is 25.5. The molecule has 0 fully saturated rings. The monoisotopic (exact) mass is 1100 g/mol. The first-order valence-electron chi connectivity index (χ1n) is 34.1. The summed E-state index contributed by atoms with van der Waals surface area (Å²) >= 11 is 0. The maximum atomic E-state index is 13.0. The Kier molecular flexibility index (Phi) is 58.3. The van der Waals surface area contributed by atoms with E-state index in [1.807, 2.05) is 27.2 Å². The number of rotatable bonds is 64. The van der Waals surface area contributed by atoms with E-state index < -0.39 is 20.0 Å². The summed E-state index contributed by atoms with van der Waals surface area (Å²) in [6, 6.07) is -0.882. The number of quaternary nitrogens is 1. The molecule has 0 radical (unpaired) electrons. The molecule has 76 heavy (non-hydrogen) atoms. The van der Waals surface area contributed by atoms with Gasteiger partial charge in [0, 0.05) is 6.42 Å². The molecular weight excluding hydrogens is 960 g/mol. The Balaban J connectivity index is 3.84. The van der Waals surface area contributed by atoms with E-state index in [0.717, 1.165) is 38.5 Å². The topological polar surface area (TPSA) is 108 Å². The van der Waals surface area contributed by atoms with Crippen LogP contribution in [0.1, 0.15) is 361 Å². The largest absolute Gasteiger partial charge is 0.756 e. The van der Waals surface area contributed by atoms with Crippen molar-refractivity contribution in [3.8, 4) is 0 Å². The predicted molar refractivity (Wildman–Crippen MR) is 330 cm³/mol. The average molecular weight is 1100 g/mol. The first-order valence-corrected chi connectivity index (χ1v) is 35.5. The number of amides is 1. The van der Waals surface area contributed by atoms with Gasteiger partial charge in [-0.3, -0.25) is 9.36 Å². The van der Waals surface area contributed by atoms with Crippen molar-refractivity contribution in [2.75, 3.05) is 40.9 Å². The van der Waals surface area contributed by atoms with E-state index >= 15 is 0 Å². The molecule has 9 heteroatoms. The molecule has 0 aromatic rings. The van der Waals surface area contributed by atoms with Gasteiger partial charge >= 0.3 is 0 Å². The number of hydrogen-bond donors (Lipinski definition) is 2. The summed E-state index contributed by atoms with van der Waals surface area (Å²) in [7, 11) is 1.28. The molecule has 8 nitrogen and oxygen atoms in total. The lowest BCUT2D eigenvalue weighted by Gasteiger charge is -2.29. The highest BCUT2D eigenvalue weighted by molar-refractivity contribution is 7.45. The van der Waals surface area contributed by atoms with Crippen LogP contribution in [-0.2, 0) is 18.4 Å². The van der Waals surface area contributed by atoms with Crippen LogP contribution in [-0.4, -0.2) is 68.5 Å². The van der Waals surface area contributed by atoms with E-state index in [9.17, 15) is 19.4 Å². The van der Waals surface area contributed by atoms with Crippen molar-refractivity contribution in [2.24, 2.45) is 0 Å². The smallest absolute Gasteiger partial charge is 0.268 e. The minimum atomic E-state index is -4.59. The van der Waals surface area contributed by atoms with Gasteiger partial charge in [0.15, 0.2) is 0 Å². The van der Waals surface area contributed by atoms with Crippen LogP contribution in [0.3, 0.4) is 0 Å². The molecule has 2 N–H and O–H groups in total. The molecule has 454 valence electrons. The van der Waals surface area contributed by atoms with Crippen LogP contribution in [0, 0.1) is 0 Å². The lowest BCUT2D eigenvalue weighted by molar-refractivity contribution is -0.870. The van der Waals surface area contributed by atoms with Gasteiger partial charge in [-0.2, -0.15) is 0 Å². The third-order valence-corrected chi connectivity index (χ3v) is 17.0. The van der Waals surface area contributed by atoms with Gasteiger partial charge in [-0.15, -0.1) is 0 Å². The summed E-state index contributed by atoms with van der Waals surface area (Å²) in [5.74, 6) is -0.189. The average Bonchev–Trinajstić information content (AvgIpc) is 3.38. The first-order chi connectivity index (χ1) is 37.0. The normalized spacial score (nSPS) is 13.7. The molecule has 0 aliphatic carbocycles. The zero-order valence-electron chi connectivity index (χ0n) is 52.0. The zero-order chi connectivity index (χ0) is 55.6. The van der Waals surface area contributed by atoms with Gasteiger partial charge in [-0.1, -0.05) is 347 Å². The second kappa shape index (κ2) is 58.9. The zero-order valence-corrected chi connectivity index (χ0v) is 52.9. The minimum absolute atomic E-state index is 0.00265. The number of nitrogens with zero attached hydrogens (tertiary/aromatic N) is 1. The van der Waals surface area contributed by atoms with Crippen molar-refractivity contribution in [1.29, 1.82) is 0 Å². The van der Waals surface area contributed by atoms with E-state index in [4.69, 9.17) is 9.05 Å². The summed E-state index contributed by atoms with van der Waals surface area (Å²) in [6.07, 6.45) is 74.9. The highest BCUT2D eigenvalue weighted by Gasteiger charge is 2.23. The Labute approximate surface area is 475 Å². The van der Waals surface area contributed by atoms with Crippen LogP contribution in [0.5, 0.6) is 0 Å². The lowest BCUT2D eigenvalue weighted by atomic mass is 10.0. The molecule has 0 aliphatic heterocycles. The molecular formula is C67H135N2O6P. The summed E-state index contributed by atoms with van der Waals surface area (Å²) in [6.45, 7) is 4.70. The summed E-state index contributed by atoms with van der Waals surface area (Å²) in [5.41, 5.74) is 0. The SMILES string of the molecule is CCCCCCCCCCCCCCC/C=C/C(O)C(COP(=O)([O-])OCC[N+](C)(C)C)NC(=O)CCCCCCCCCCCCCCCCCCCCCCCCCCCCCCCCCCCCCCCCC. The van der Waals surface area contributed by atoms with Crippen LogP contribution in [0.25, 0.3) is 0 Å². The molecule has 0 heterocycles. The summed E-state index contributed by atoms with van der Waals surface area (Å²) in [5, 5.41) is 13.9. The molecule has 0 saturated heterocycles. The fraction of sp³-hybridized carbons (Fsp3) is 0.955. The van der Waals surface area contributed by atoms with Gasteiger partial charge in [0.25, 0.3) is 7.82 Å². The Morgan fingerprint density at radius 3 is 0.987 bits per heavy atom. The number of phosphoric acid groups is 1. The number of aliphatic hydroxyl groups is 1. The van der Waals surface area contributed by atoms with Crippen molar-refractivity contribution in [2.45, 2.75) is 373 Å². The Morgan fingerprint density at radius 2 is 0.711 bits per heavy atom. The summed E-state index contributed by atoms with van der Waals surface area (Å²) < 4.78 is 23.4. The highest BCUT2D eigenvalue weighted by Crippen LogP contribution is 2.38. The number of likely N-dealkylation sites (N-methyl/N-ethyl adjacent to an activating group) is 1. The number of unbranched alkanes of at least 4 members (excludes halogenated alkanes) is 51. The number of nitrogens with one attached hydrogen (secondary N) is 1. The molecule has 0 bridgehead atoms. The number of aliphatic hydroxyl groups excluding tert-OH is 1. The van der Waals surface area contributed by atoms with Crippen molar-refractivity contribution in [3.63, 3.8) is 0 Å². The van der Waals surface area contributed by atoms with Gasteiger partial charge < -0.3 is 28.8 Å². The maximum absolute atomic E-state index is 13.0. The Bertz CT molecular complexity index is 1240. The maximum Gasteiger partial charge on any atom is 0.268 e. The predicted octanol–water partition coefficient (Wildman–Crippen LogP) is 20.7. The number of carbonyl (C=O) groups is 1. The molecule has 0 saturated carbocycles. The number of allylic oxidation sites excluding steroid dienone is 1. The minimum Gasteiger partial charge on any atom is -0.756 e. The number of phosphoric ester groups is 1. The third-order valence-electron chi connectivity index (χ3n) is 16.0. The Hall–Kier alpha value is -0.760. The van der Waals surface area contributed by atoms with Crippen molar-refractivity contribution in [3.05, 3.63) is 12.2 Å². The number of carbonyl (C=O) groups excluding carboxylic acids is 1. The van der Waals surface area contributed by atoms with Gasteiger partial charge in [-0.05, 0) is 19.3 Å². The molecule has 0 aromatic heterocycles. The van der Waals surface area contributed by atoms with E-state index in [1.165, 1.54) is 302 Å². The van der Waals surface area contributed by atoms with Crippen molar-refractivity contribution in [1.82, 2.24) is 5.32 Å². The van der Waals surface area contributed by atoms with Crippen molar-refractivity contribution >= 4 is 13.7 Å². The third kappa shape index (κ3) is 60.9. The molecule has 0 spiro atoms. The van der Waals surface area contributed by atoms with Crippen LogP contribution in [0.4, 0.5) is 0 Å². The number of hydrogen-bond acceptors (Lipinski definition) is 6. The second-order valence-electron chi connectivity index (χ2n) is 24.9. The van der Waals surface area contributed by atoms with E-state index in [1.54, 1.807) is 6.08 Å². The first kappa shape index (κ1) is 75.2. The lowest BCUT2D eigenvalue weighted by Crippen LogP contribution is -2.45. The molecule has 0 rings (SSSR count). The van der Waals surface area contributed by atoms with Crippen molar-refractivity contribution < 1.29 is 32.9 Å². The quantitative estimate of drug-likeness (QED) is 0.0272. The standard InChI is InChI=1S/C67H135N2O6P/c1-6-8-10-12-14-16-18-20-22-23-24-25-26-27-28-29-30-31-32-33-34-35-36-37-38-39-40-41-42-43-44-45-47-49-51-53-55-57-59-61-67(71)68-65(64-75-76(72,73)74-63-62-69(3,4)5)66(70)60-58-56-54-52-50-48-46-21-19-17-15-13-11-9-7-2/h58,60,65-66,70H,6-57,59,61-64H2,1-5H3,(H-,68,71,72,73)/b60-58+. The fourth-order valence-electron chi connectivity index (χ4n) is 10.7. The molecule has 1 amide bonds. The van der Waals surface area contributed by atoms with Gasteiger partial charge in [-0.25, -0.2) is 0 Å².